The maximum Gasteiger partial charge on any atom is 0.410 e. The first kappa shape index (κ1) is 26.2. The van der Waals surface area contributed by atoms with Gasteiger partial charge in [-0.15, -0.1) is 0 Å². The van der Waals surface area contributed by atoms with Gasteiger partial charge in [0.05, 0.1) is 23.5 Å². The second kappa shape index (κ2) is 9.89. The van der Waals surface area contributed by atoms with Crippen molar-refractivity contribution in [2.24, 2.45) is 13.0 Å². The van der Waals surface area contributed by atoms with Crippen molar-refractivity contribution in [2.75, 3.05) is 11.9 Å². The second-order valence-electron chi connectivity index (χ2n) is 11.1. The van der Waals surface area contributed by atoms with Crippen LogP contribution < -0.4 is 5.32 Å². The number of ether oxygens (including phenoxy) is 1. The van der Waals surface area contributed by atoms with Crippen LogP contribution in [0.15, 0.2) is 36.7 Å². The average Bonchev–Trinajstić information content (AvgIpc) is 3.17. The van der Waals surface area contributed by atoms with Crippen molar-refractivity contribution >= 4 is 28.7 Å². The van der Waals surface area contributed by atoms with E-state index in [1.54, 1.807) is 30.5 Å². The number of fused-ring (bicyclic) bond motifs is 1. The Balaban J connectivity index is 1.64. The number of benzene rings is 1. The highest BCUT2D eigenvalue weighted by Gasteiger charge is 2.37. The van der Waals surface area contributed by atoms with Crippen LogP contribution in [0, 0.1) is 24.2 Å². The molecule has 8 heteroatoms. The second-order valence-corrected chi connectivity index (χ2v) is 11.1. The van der Waals surface area contributed by atoms with Crippen molar-refractivity contribution in [3.05, 3.63) is 58.9 Å². The van der Waals surface area contributed by atoms with Gasteiger partial charge in [0.1, 0.15) is 11.2 Å². The van der Waals surface area contributed by atoms with E-state index in [0.717, 1.165) is 23.0 Å². The van der Waals surface area contributed by atoms with Crippen LogP contribution in [0.5, 0.6) is 0 Å². The number of piperidine rings is 1. The number of hydrogen-bond donors (Lipinski definition) is 1. The number of hydrogen-bond acceptors (Lipinski definition) is 5. The Morgan fingerprint density at radius 2 is 1.97 bits per heavy atom. The van der Waals surface area contributed by atoms with Crippen LogP contribution in [0.25, 0.3) is 11.0 Å². The molecule has 3 atom stereocenters. The molecule has 1 aliphatic rings. The molecule has 0 radical (unpaired) electrons. The molecule has 3 aromatic rings. The highest BCUT2D eigenvalue weighted by atomic mass is 16.6. The smallest absolute Gasteiger partial charge is 0.410 e. The highest BCUT2D eigenvalue weighted by molar-refractivity contribution is 6.06. The standard InChI is InChI=1S/C29H35N5O3/c1-17-15-34(28(36)37-29(4,5)6)18(2)11-22(17)23-16-33(7)26-25(23)19(3)24(14-31-26)32-27(35)21-10-8-9-20(12-21)13-30/h8-10,12,14,16-18,22H,11,15H2,1-7H3,(H,32,35). The average molecular weight is 502 g/mol. The molecule has 4 rings (SSSR count). The molecular weight excluding hydrogens is 466 g/mol. The van der Waals surface area contributed by atoms with E-state index in [0.29, 0.717) is 23.4 Å². The number of amides is 2. The molecule has 8 nitrogen and oxygen atoms in total. The van der Waals surface area contributed by atoms with E-state index in [1.165, 1.54) is 5.56 Å². The first-order chi connectivity index (χ1) is 17.4. The van der Waals surface area contributed by atoms with Crippen molar-refractivity contribution in [1.29, 1.82) is 5.26 Å². The first-order valence-electron chi connectivity index (χ1n) is 12.6. The Morgan fingerprint density at radius 1 is 1.24 bits per heavy atom. The normalized spacial score (nSPS) is 19.9. The summed E-state index contributed by atoms with van der Waals surface area (Å²) in [5.74, 6) is 0.142. The lowest BCUT2D eigenvalue weighted by molar-refractivity contribution is 0.00372. The molecule has 1 N–H and O–H groups in total. The molecule has 1 aliphatic heterocycles. The van der Waals surface area contributed by atoms with Crippen LogP contribution in [0.3, 0.4) is 0 Å². The fraction of sp³-hybridized carbons (Fsp3) is 0.448. The number of carbonyl (C=O) groups is 2. The summed E-state index contributed by atoms with van der Waals surface area (Å²) >= 11 is 0. The lowest BCUT2D eigenvalue weighted by atomic mass is 9.78. The predicted molar refractivity (Wildman–Crippen MR) is 143 cm³/mol. The molecule has 0 spiro atoms. The van der Waals surface area contributed by atoms with Gasteiger partial charge in [-0.1, -0.05) is 13.0 Å². The monoisotopic (exact) mass is 501 g/mol. The lowest BCUT2D eigenvalue weighted by Crippen LogP contribution is -2.49. The van der Waals surface area contributed by atoms with Gasteiger partial charge in [0.15, 0.2) is 0 Å². The maximum atomic E-state index is 13.0. The minimum absolute atomic E-state index is 0.0230. The van der Waals surface area contributed by atoms with Gasteiger partial charge in [-0.2, -0.15) is 5.26 Å². The van der Waals surface area contributed by atoms with Crippen LogP contribution >= 0.6 is 0 Å². The van der Waals surface area contributed by atoms with Crippen molar-refractivity contribution in [3.8, 4) is 6.07 Å². The fourth-order valence-corrected chi connectivity index (χ4v) is 5.22. The Kier molecular flexibility index (Phi) is 7.00. The van der Waals surface area contributed by atoms with E-state index >= 15 is 0 Å². The third-order valence-corrected chi connectivity index (χ3v) is 7.10. The summed E-state index contributed by atoms with van der Waals surface area (Å²) in [7, 11) is 1.98. The molecule has 1 fully saturated rings. The van der Waals surface area contributed by atoms with Crippen molar-refractivity contribution < 1.29 is 14.3 Å². The van der Waals surface area contributed by atoms with Gasteiger partial charge in [0.2, 0.25) is 0 Å². The number of pyridine rings is 1. The fourth-order valence-electron chi connectivity index (χ4n) is 5.22. The van der Waals surface area contributed by atoms with Crippen molar-refractivity contribution in [2.45, 2.75) is 65.5 Å². The molecule has 0 bridgehead atoms. The molecule has 3 unspecified atom stereocenters. The van der Waals surface area contributed by atoms with Crippen LogP contribution in [-0.4, -0.2) is 44.6 Å². The molecule has 3 heterocycles. The largest absolute Gasteiger partial charge is 0.444 e. The van der Waals surface area contributed by atoms with E-state index in [9.17, 15) is 9.59 Å². The van der Waals surface area contributed by atoms with Gasteiger partial charge in [-0.25, -0.2) is 9.78 Å². The van der Waals surface area contributed by atoms with E-state index in [1.807, 2.05) is 44.2 Å². The zero-order valence-electron chi connectivity index (χ0n) is 22.6. The third-order valence-electron chi connectivity index (χ3n) is 7.10. The predicted octanol–water partition coefficient (Wildman–Crippen LogP) is 5.75. The number of nitrogens with one attached hydrogen (secondary N) is 1. The highest BCUT2D eigenvalue weighted by Crippen LogP contribution is 2.41. The molecule has 1 aromatic carbocycles. The topological polar surface area (TPSA) is 100 Å². The number of likely N-dealkylation sites (tertiary alicyclic amines) is 1. The maximum absolute atomic E-state index is 13.0. The molecule has 0 aliphatic carbocycles. The van der Waals surface area contributed by atoms with Crippen LogP contribution in [0.1, 0.15) is 74.0 Å². The summed E-state index contributed by atoms with van der Waals surface area (Å²) in [5.41, 5.74) is 3.93. The van der Waals surface area contributed by atoms with Crippen molar-refractivity contribution in [1.82, 2.24) is 14.5 Å². The van der Waals surface area contributed by atoms with E-state index in [4.69, 9.17) is 10.00 Å². The molecule has 37 heavy (non-hydrogen) atoms. The summed E-state index contributed by atoms with van der Waals surface area (Å²) in [5, 5.41) is 13.2. The number of aromatic nitrogens is 2. The quantitative estimate of drug-likeness (QED) is 0.492. The summed E-state index contributed by atoms with van der Waals surface area (Å²) in [4.78, 5) is 32.3. The van der Waals surface area contributed by atoms with E-state index in [-0.39, 0.29) is 29.9 Å². The first-order valence-corrected chi connectivity index (χ1v) is 12.6. The Morgan fingerprint density at radius 3 is 2.65 bits per heavy atom. The minimum Gasteiger partial charge on any atom is -0.444 e. The SMILES string of the molecule is Cc1c(NC(=O)c2cccc(C#N)c2)cnc2c1c(C1CC(C)N(C(=O)OC(C)(C)C)CC1C)cn2C. The Bertz CT molecular complexity index is 1400. The number of nitrogens with zero attached hydrogens (tertiary/aromatic N) is 4. The summed E-state index contributed by atoms with van der Waals surface area (Å²) in [6.45, 7) is 12.5. The van der Waals surface area contributed by atoms with E-state index < -0.39 is 5.60 Å². The number of anilines is 1. The number of aryl methyl sites for hydroxylation is 2. The third kappa shape index (κ3) is 5.31. The Hall–Kier alpha value is -3.86. The summed E-state index contributed by atoms with van der Waals surface area (Å²) in [6.07, 6.45) is 4.34. The van der Waals surface area contributed by atoms with Crippen LogP contribution in [0.4, 0.5) is 10.5 Å². The zero-order chi connectivity index (χ0) is 27.1. The molecule has 194 valence electrons. The molecule has 2 amide bonds. The van der Waals surface area contributed by atoms with Gasteiger partial charge < -0.3 is 19.5 Å². The van der Waals surface area contributed by atoms with Gasteiger partial charge in [-0.05, 0) is 82.2 Å². The van der Waals surface area contributed by atoms with Gasteiger partial charge in [0.25, 0.3) is 5.91 Å². The zero-order valence-corrected chi connectivity index (χ0v) is 22.6. The van der Waals surface area contributed by atoms with Gasteiger partial charge in [-0.3, -0.25) is 4.79 Å². The number of rotatable bonds is 3. The summed E-state index contributed by atoms with van der Waals surface area (Å²) < 4.78 is 7.67. The van der Waals surface area contributed by atoms with Crippen molar-refractivity contribution in [3.63, 3.8) is 0 Å². The Labute approximate surface area is 218 Å². The molecule has 0 saturated carbocycles. The number of nitriles is 1. The van der Waals surface area contributed by atoms with Gasteiger partial charge in [0, 0.05) is 36.8 Å². The molecular formula is C29H35N5O3. The van der Waals surface area contributed by atoms with Gasteiger partial charge >= 0.3 is 6.09 Å². The van der Waals surface area contributed by atoms with Crippen LogP contribution in [0.2, 0.25) is 0 Å². The number of carbonyl (C=O) groups excluding carboxylic acids is 2. The summed E-state index contributed by atoms with van der Waals surface area (Å²) in [6, 6.07) is 8.72. The minimum atomic E-state index is -0.536. The van der Waals surface area contributed by atoms with E-state index in [2.05, 4.69) is 36.4 Å². The van der Waals surface area contributed by atoms with Crippen LogP contribution in [-0.2, 0) is 11.8 Å². The molecule has 1 saturated heterocycles. The molecule has 2 aromatic heterocycles. The lowest BCUT2D eigenvalue weighted by Gasteiger charge is -2.42.